The number of rotatable bonds is 4. The van der Waals surface area contributed by atoms with Crippen LogP contribution >= 0.6 is 0 Å². The highest BCUT2D eigenvalue weighted by Gasteiger charge is 2.25. The molecule has 0 saturated carbocycles. The van der Waals surface area contributed by atoms with Crippen molar-refractivity contribution in [3.63, 3.8) is 0 Å². The van der Waals surface area contributed by atoms with Gasteiger partial charge in [0.15, 0.2) is 0 Å². The maximum Gasteiger partial charge on any atom is 0.253 e. The molecule has 3 nitrogen and oxygen atoms in total. The summed E-state index contributed by atoms with van der Waals surface area (Å²) in [7, 11) is 1.95. The molecule has 2 aromatic carbocycles. The van der Waals surface area contributed by atoms with Gasteiger partial charge in [-0.25, -0.2) is 0 Å². The van der Waals surface area contributed by atoms with Crippen LogP contribution < -0.4 is 4.90 Å². The number of amides is 1. The van der Waals surface area contributed by atoms with Gasteiger partial charge >= 0.3 is 0 Å². The van der Waals surface area contributed by atoms with Crippen LogP contribution in [-0.4, -0.2) is 37.5 Å². The minimum Gasteiger partial charge on any atom is -0.371 e. The third-order valence-corrected chi connectivity index (χ3v) is 5.63. The molecule has 3 heteroatoms. The first-order chi connectivity index (χ1) is 12.2. The Hall–Kier alpha value is -2.29. The lowest BCUT2D eigenvalue weighted by Gasteiger charge is -2.23. The fourth-order valence-electron chi connectivity index (χ4n) is 4.25. The molecule has 0 spiro atoms. The van der Waals surface area contributed by atoms with Crippen molar-refractivity contribution in [2.24, 2.45) is 5.92 Å². The lowest BCUT2D eigenvalue weighted by Crippen LogP contribution is -2.33. The summed E-state index contributed by atoms with van der Waals surface area (Å²) >= 11 is 0. The minimum absolute atomic E-state index is 0.160. The molecule has 1 fully saturated rings. The second-order valence-corrected chi connectivity index (χ2v) is 7.46. The van der Waals surface area contributed by atoms with Crippen LogP contribution in [0.3, 0.4) is 0 Å². The van der Waals surface area contributed by atoms with E-state index in [4.69, 9.17) is 0 Å². The highest BCUT2D eigenvalue weighted by Crippen LogP contribution is 2.26. The number of fused-ring (bicyclic) bond motifs is 1. The zero-order chi connectivity index (χ0) is 17.2. The van der Waals surface area contributed by atoms with Crippen LogP contribution in [0.4, 0.5) is 5.69 Å². The first kappa shape index (κ1) is 16.2. The molecule has 130 valence electrons. The average Bonchev–Trinajstić information content (AvgIpc) is 3.30. The minimum atomic E-state index is 0.160. The van der Waals surface area contributed by atoms with E-state index in [9.17, 15) is 4.79 Å². The Bertz CT molecular complexity index is 756. The van der Waals surface area contributed by atoms with Gasteiger partial charge in [-0.2, -0.15) is 0 Å². The third-order valence-electron chi connectivity index (χ3n) is 5.63. The molecule has 1 amide bonds. The predicted octanol–water partition coefficient (Wildman–Crippen LogP) is 3.77. The SMILES string of the molecule is CN(CC1CCN(c2ccccc2)C1)C(=O)c1ccc2c(c1)CCC2. The average molecular weight is 334 g/mol. The lowest BCUT2D eigenvalue weighted by atomic mass is 10.0. The number of hydrogen-bond acceptors (Lipinski definition) is 2. The van der Waals surface area contributed by atoms with Gasteiger partial charge in [0.05, 0.1) is 0 Å². The number of carbonyl (C=O) groups is 1. The van der Waals surface area contributed by atoms with E-state index in [1.807, 2.05) is 18.0 Å². The molecule has 1 aliphatic carbocycles. The van der Waals surface area contributed by atoms with Crippen LogP contribution in [0.25, 0.3) is 0 Å². The molecular weight excluding hydrogens is 308 g/mol. The summed E-state index contributed by atoms with van der Waals surface area (Å²) in [6, 6.07) is 16.8. The lowest BCUT2D eigenvalue weighted by molar-refractivity contribution is 0.0776. The number of para-hydroxylation sites is 1. The maximum absolute atomic E-state index is 12.8. The van der Waals surface area contributed by atoms with Crippen molar-refractivity contribution in [2.75, 3.05) is 31.6 Å². The van der Waals surface area contributed by atoms with Crippen molar-refractivity contribution in [2.45, 2.75) is 25.7 Å². The summed E-state index contributed by atoms with van der Waals surface area (Å²) in [5.74, 6) is 0.705. The summed E-state index contributed by atoms with van der Waals surface area (Å²) in [4.78, 5) is 17.1. The molecule has 0 bridgehead atoms. The van der Waals surface area contributed by atoms with Crippen molar-refractivity contribution in [3.05, 3.63) is 65.2 Å². The first-order valence-electron chi connectivity index (χ1n) is 9.38. The van der Waals surface area contributed by atoms with Gasteiger partial charge in [0, 0.05) is 37.9 Å². The number of carbonyl (C=O) groups excluding carboxylic acids is 1. The molecule has 1 heterocycles. The second kappa shape index (κ2) is 6.91. The topological polar surface area (TPSA) is 23.6 Å². The van der Waals surface area contributed by atoms with Crippen molar-refractivity contribution < 1.29 is 4.79 Å². The summed E-state index contributed by atoms with van der Waals surface area (Å²) in [6.45, 7) is 2.95. The standard InChI is InChI=1S/C22H26N2O/c1-23(22(25)20-11-10-18-6-5-7-19(18)14-20)15-17-12-13-24(16-17)21-8-3-2-4-9-21/h2-4,8-11,14,17H,5-7,12-13,15-16H2,1H3. The van der Waals surface area contributed by atoms with Gasteiger partial charge < -0.3 is 9.80 Å². The summed E-state index contributed by atoms with van der Waals surface area (Å²) < 4.78 is 0. The molecule has 25 heavy (non-hydrogen) atoms. The van der Waals surface area contributed by atoms with Gasteiger partial charge in [-0.15, -0.1) is 0 Å². The van der Waals surface area contributed by atoms with Crippen molar-refractivity contribution >= 4 is 11.6 Å². The number of aryl methyl sites for hydroxylation is 2. The van der Waals surface area contributed by atoms with Gasteiger partial charge in [-0.1, -0.05) is 24.3 Å². The second-order valence-electron chi connectivity index (χ2n) is 7.46. The normalized spacial score (nSPS) is 19.1. The van der Waals surface area contributed by atoms with Crippen LogP contribution in [0.1, 0.15) is 34.3 Å². The van der Waals surface area contributed by atoms with E-state index in [0.29, 0.717) is 5.92 Å². The molecule has 4 rings (SSSR count). The zero-order valence-corrected chi connectivity index (χ0v) is 14.9. The Morgan fingerprint density at radius 1 is 1.12 bits per heavy atom. The monoisotopic (exact) mass is 334 g/mol. The molecule has 0 aromatic heterocycles. The fourth-order valence-corrected chi connectivity index (χ4v) is 4.25. The van der Waals surface area contributed by atoms with E-state index < -0.39 is 0 Å². The summed E-state index contributed by atoms with van der Waals surface area (Å²) in [5, 5.41) is 0. The van der Waals surface area contributed by atoms with Crippen molar-refractivity contribution in [1.82, 2.24) is 4.90 Å². The number of anilines is 1. The van der Waals surface area contributed by atoms with Crippen LogP contribution in [0.5, 0.6) is 0 Å². The maximum atomic E-state index is 12.8. The molecule has 1 aliphatic heterocycles. The largest absolute Gasteiger partial charge is 0.371 e. The molecule has 1 atom stereocenters. The molecular formula is C22H26N2O. The van der Waals surface area contributed by atoms with E-state index in [2.05, 4.69) is 47.4 Å². The van der Waals surface area contributed by atoms with Crippen molar-refractivity contribution in [1.29, 1.82) is 0 Å². The molecule has 2 aliphatic rings. The quantitative estimate of drug-likeness (QED) is 0.850. The van der Waals surface area contributed by atoms with Crippen molar-refractivity contribution in [3.8, 4) is 0 Å². The Morgan fingerprint density at radius 3 is 2.76 bits per heavy atom. The summed E-state index contributed by atoms with van der Waals surface area (Å²) in [5.41, 5.74) is 4.93. The van der Waals surface area contributed by atoms with Crippen LogP contribution in [-0.2, 0) is 12.8 Å². The molecule has 1 unspecified atom stereocenters. The van der Waals surface area contributed by atoms with E-state index >= 15 is 0 Å². The van der Waals surface area contributed by atoms with Gasteiger partial charge in [0.2, 0.25) is 0 Å². The van der Waals surface area contributed by atoms with Gasteiger partial charge in [0.25, 0.3) is 5.91 Å². The number of nitrogens with zero attached hydrogens (tertiary/aromatic N) is 2. The van der Waals surface area contributed by atoms with E-state index in [0.717, 1.165) is 44.5 Å². The molecule has 0 radical (unpaired) electrons. The molecule has 0 N–H and O–H groups in total. The number of benzene rings is 2. The zero-order valence-electron chi connectivity index (χ0n) is 14.9. The van der Waals surface area contributed by atoms with E-state index in [-0.39, 0.29) is 5.91 Å². The van der Waals surface area contributed by atoms with Gasteiger partial charge in [-0.3, -0.25) is 4.79 Å². The Labute approximate surface area is 150 Å². The predicted molar refractivity (Wildman–Crippen MR) is 102 cm³/mol. The highest BCUT2D eigenvalue weighted by molar-refractivity contribution is 5.94. The van der Waals surface area contributed by atoms with E-state index in [1.165, 1.54) is 23.2 Å². The smallest absolute Gasteiger partial charge is 0.253 e. The van der Waals surface area contributed by atoms with Crippen LogP contribution in [0, 0.1) is 5.92 Å². The third kappa shape index (κ3) is 3.41. The molecule has 1 saturated heterocycles. The van der Waals surface area contributed by atoms with E-state index in [1.54, 1.807) is 0 Å². The summed E-state index contributed by atoms with van der Waals surface area (Å²) in [6.07, 6.45) is 4.66. The van der Waals surface area contributed by atoms with Gasteiger partial charge in [0.1, 0.15) is 0 Å². The fraction of sp³-hybridized carbons (Fsp3) is 0.409. The van der Waals surface area contributed by atoms with Crippen LogP contribution in [0.2, 0.25) is 0 Å². The highest BCUT2D eigenvalue weighted by atomic mass is 16.2. The Balaban J connectivity index is 1.37. The molecule has 2 aromatic rings. The number of hydrogen-bond donors (Lipinski definition) is 0. The Kier molecular flexibility index (Phi) is 4.48. The van der Waals surface area contributed by atoms with Crippen LogP contribution in [0.15, 0.2) is 48.5 Å². The first-order valence-corrected chi connectivity index (χ1v) is 9.38. The van der Waals surface area contributed by atoms with Gasteiger partial charge in [-0.05, 0) is 67.0 Å². The Morgan fingerprint density at radius 2 is 1.92 bits per heavy atom.